The Balaban J connectivity index is 2.40. The van der Waals surface area contributed by atoms with Gasteiger partial charge in [0.1, 0.15) is 0 Å². The quantitative estimate of drug-likeness (QED) is 0.897. The van der Waals surface area contributed by atoms with Gasteiger partial charge in [-0.1, -0.05) is 37.0 Å². The number of rotatable bonds is 4. The molecule has 1 heterocycles. The van der Waals surface area contributed by atoms with Crippen molar-refractivity contribution in [2.24, 2.45) is 5.92 Å². The van der Waals surface area contributed by atoms with Gasteiger partial charge in [-0.25, -0.2) is 4.98 Å². The van der Waals surface area contributed by atoms with Gasteiger partial charge >= 0.3 is 0 Å². The number of nitrogens with one attached hydrogen (secondary N) is 1. The lowest BCUT2D eigenvalue weighted by Gasteiger charge is -2.12. The van der Waals surface area contributed by atoms with E-state index < -0.39 is 0 Å². The first-order valence-electron chi connectivity index (χ1n) is 6.22. The zero-order valence-electron chi connectivity index (χ0n) is 11.2. The smallest absolute Gasteiger partial charge is 0.207 e. The molecule has 0 radical (unpaired) electrons. The van der Waals surface area contributed by atoms with Crippen LogP contribution in [-0.2, 0) is 0 Å². The highest BCUT2D eigenvalue weighted by atomic mass is 35.5. The number of anilines is 1. The molecule has 0 amide bonds. The minimum Gasteiger partial charge on any atom is -0.355 e. The van der Waals surface area contributed by atoms with Crippen molar-refractivity contribution in [1.29, 1.82) is 0 Å². The van der Waals surface area contributed by atoms with Crippen LogP contribution in [0.2, 0.25) is 10.0 Å². The van der Waals surface area contributed by atoms with Gasteiger partial charge in [-0.2, -0.15) is 0 Å². The molecule has 102 valence electrons. The highest BCUT2D eigenvalue weighted by Gasteiger charge is 2.11. The number of hydrogen-bond acceptors (Lipinski definition) is 2. The van der Waals surface area contributed by atoms with Crippen LogP contribution in [-0.4, -0.2) is 16.1 Å². The zero-order valence-corrected chi connectivity index (χ0v) is 12.8. The molecule has 0 saturated carbocycles. The molecule has 0 atom stereocenters. The minimum atomic E-state index is 0.542. The molecule has 2 rings (SSSR count). The van der Waals surface area contributed by atoms with Crippen molar-refractivity contribution in [2.45, 2.75) is 20.8 Å². The summed E-state index contributed by atoms with van der Waals surface area (Å²) in [6.07, 6.45) is 1.94. The monoisotopic (exact) mass is 297 g/mol. The summed E-state index contributed by atoms with van der Waals surface area (Å²) < 4.78 is 1.94. The summed E-state index contributed by atoms with van der Waals surface area (Å²) in [4.78, 5) is 4.48. The first kappa shape index (κ1) is 14.2. The van der Waals surface area contributed by atoms with Gasteiger partial charge in [-0.15, -0.1) is 0 Å². The van der Waals surface area contributed by atoms with Crippen molar-refractivity contribution in [2.75, 3.05) is 11.9 Å². The molecular formula is C14H17Cl2N3. The normalized spacial score (nSPS) is 11.1. The first-order valence-corrected chi connectivity index (χ1v) is 6.98. The van der Waals surface area contributed by atoms with E-state index in [0.717, 1.165) is 23.9 Å². The summed E-state index contributed by atoms with van der Waals surface area (Å²) in [6, 6.07) is 5.41. The molecule has 0 aliphatic rings. The molecule has 0 saturated heterocycles. The van der Waals surface area contributed by atoms with Crippen molar-refractivity contribution in [1.82, 2.24) is 9.55 Å². The Hall–Kier alpha value is -1.19. The van der Waals surface area contributed by atoms with Crippen LogP contribution in [0.4, 0.5) is 5.95 Å². The number of benzene rings is 1. The van der Waals surface area contributed by atoms with E-state index in [1.807, 2.05) is 23.8 Å². The van der Waals surface area contributed by atoms with Crippen molar-refractivity contribution < 1.29 is 0 Å². The molecule has 5 heteroatoms. The second-order valence-electron chi connectivity index (χ2n) is 4.95. The van der Waals surface area contributed by atoms with Gasteiger partial charge in [0.15, 0.2) is 0 Å². The summed E-state index contributed by atoms with van der Waals surface area (Å²) in [5.74, 6) is 1.33. The fourth-order valence-corrected chi connectivity index (χ4v) is 2.15. The van der Waals surface area contributed by atoms with E-state index in [4.69, 9.17) is 23.2 Å². The van der Waals surface area contributed by atoms with E-state index in [0.29, 0.717) is 16.0 Å². The SMILES string of the molecule is Cc1cn(-c2cc(Cl)ccc2Cl)c(NCC(C)C)n1. The molecular weight excluding hydrogens is 281 g/mol. The Morgan fingerprint density at radius 1 is 1.32 bits per heavy atom. The summed E-state index contributed by atoms with van der Waals surface area (Å²) in [6.45, 7) is 7.11. The molecule has 0 spiro atoms. The topological polar surface area (TPSA) is 29.9 Å². The van der Waals surface area contributed by atoms with Crippen LogP contribution in [0.25, 0.3) is 5.69 Å². The molecule has 1 aromatic heterocycles. The Labute approximate surface area is 123 Å². The van der Waals surface area contributed by atoms with Crippen LogP contribution in [0.3, 0.4) is 0 Å². The molecule has 0 fully saturated rings. The Bertz CT molecular complexity index is 576. The Morgan fingerprint density at radius 2 is 2.05 bits per heavy atom. The van der Waals surface area contributed by atoms with E-state index in [-0.39, 0.29) is 0 Å². The summed E-state index contributed by atoms with van der Waals surface area (Å²) in [7, 11) is 0. The molecule has 0 aliphatic carbocycles. The number of aryl methyl sites for hydroxylation is 1. The fraction of sp³-hybridized carbons (Fsp3) is 0.357. The van der Waals surface area contributed by atoms with Gasteiger partial charge in [-0.05, 0) is 31.0 Å². The van der Waals surface area contributed by atoms with Crippen LogP contribution in [0, 0.1) is 12.8 Å². The van der Waals surface area contributed by atoms with Gasteiger partial charge in [0, 0.05) is 17.8 Å². The van der Waals surface area contributed by atoms with Crippen molar-refractivity contribution in [3.05, 3.63) is 40.1 Å². The van der Waals surface area contributed by atoms with E-state index in [2.05, 4.69) is 24.1 Å². The van der Waals surface area contributed by atoms with Crippen LogP contribution in [0.5, 0.6) is 0 Å². The average Bonchev–Trinajstić information content (AvgIpc) is 2.71. The van der Waals surface area contributed by atoms with Gasteiger partial charge in [0.2, 0.25) is 5.95 Å². The van der Waals surface area contributed by atoms with Crippen LogP contribution in [0.1, 0.15) is 19.5 Å². The van der Waals surface area contributed by atoms with Crippen LogP contribution >= 0.6 is 23.2 Å². The predicted octanol–water partition coefficient (Wildman–Crippen LogP) is 4.56. The van der Waals surface area contributed by atoms with E-state index >= 15 is 0 Å². The summed E-state index contributed by atoms with van der Waals surface area (Å²) >= 11 is 12.3. The zero-order chi connectivity index (χ0) is 14.0. The molecule has 0 unspecified atom stereocenters. The standard InChI is InChI=1S/C14H17Cl2N3/c1-9(2)7-17-14-18-10(3)8-19(14)13-6-11(15)4-5-12(13)16/h4-6,8-9H,7H2,1-3H3,(H,17,18). The molecule has 19 heavy (non-hydrogen) atoms. The number of halogens is 2. The van der Waals surface area contributed by atoms with E-state index in [1.165, 1.54) is 0 Å². The van der Waals surface area contributed by atoms with Gasteiger partial charge in [0.05, 0.1) is 16.4 Å². The fourth-order valence-electron chi connectivity index (χ4n) is 1.77. The maximum Gasteiger partial charge on any atom is 0.207 e. The number of nitrogens with zero attached hydrogens (tertiary/aromatic N) is 2. The van der Waals surface area contributed by atoms with Crippen LogP contribution in [0.15, 0.2) is 24.4 Å². The Morgan fingerprint density at radius 3 is 2.74 bits per heavy atom. The van der Waals surface area contributed by atoms with Crippen LogP contribution < -0.4 is 5.32 Å². The van der Waals surface area contributed by atoms with Crippen molar-refractivity contribution in [3.8, 4) is 5.69 Å². The predicted molar refractivity (Wildman–Crippen MR) is 81.6 cm³/mol. The Kier molecular flexibility index (Phi) is 4.38. The minimum absolute atomic E-state index is 0.542. The largest absolute Gasteiger partial charge is 0.355 e. The maximum absolute atomic E-state index is 6.24. The lowest BCUT2D eigenvalue weighted by Crippen LogP contribution is -2.12. The highest BCUT2D eigenvalue weighted by Crippen LogP contribution is 2.27. The maximum atomic E-state index is 6.24. The van der Waals surface area contributed by atoms with Crippen molar-refractivity contribution in [3.63, 3.8) is 0 Å². The van der Waals surface area contributed by atoms with Gasteiger partial charge in [0.25, 0.3) is 0 Å². The highest BCUT2D eigenvalue weighted by molar-refractivity contribution is 6.34. The molecule has 2 aromatic rings. The third-order valence-corrected chi connectivity index (χ3v) is 3.22. The second kappa shape index (κ2) is 5.85. The lowest BCUT2D eigenvalue weighted by molar-refractivity contribution is 0.683. The summed E-state index contributed by atoms with van der Waals surface area (Å²) in [5, 5.41) is 4.63. The molecule has 0 aliphatic heterocycles. The van der Waals surface area contributed by atoms with E-state index in [1.54, 1.807) is 12.1 Å². The van der Waals surface area contributed by atoms with Gasteiger partial charge in [-0.3, -0.25) is 4.57 Å². The van der Waals surface area contributed by atoms with E-state index in [9.17, 15) is 0 Å². The third kappa shape index (κ3) is 3.43. The van der Waals surface area contributed by atoms with Crippen molar-refractivity contribution >= 4 is 29.2 Å². The third-order valence-electron chi connectivity index (χ3n) is 2.66. The summed E-state index contributed by atoms with van der Waals surface area (Å²) in [5.41, 5.74) is 1.77. The average molecular weight is 298 g/mol. The molecule has 0 bridgehead atoms. The lowest BCUT2D eigenvalue weighted by atomic mass is 10.2. The van der Waals surface area contributed by atoms with Gasteiger partial charge < -0.3 is 5.32 Å². The number of hydrogen-bond donors (Lipinski definition) is 1. The number of imidazole rings is 1. The molecule has 1 aromatic carbocycles. The molecule has 1 N–H and O–H groups in total. The molecule has 3 nitrogen and oxygen atoms in total. The first-order chi connectivity index (χ1) is 8.97. The number of aromatic nitrogens is 2. The second-order valence-corrected chi connectivity index (χ2v) is 5.79.